The molecule has 0 atom stereocenters. The summed E-state index contributed by atoms with van der Waals surface area (Å²) in [7, 11) is 0. The van der Waals surface area contributed by atoms with Gasteiger partial charge in [-0.15, -0.1) is 0 Å². The first-order valence-electron chi connectivity index (χ1n) is 2.79. The highest BCUT2D eigenvalue weighted by atomic mass is 15.3. The van der Waals surface area contributed by atoms with E-state index in [1.165, 1.54) is 0 Å². The molecule has 0 saturated carbocycles. The van der Waals surface area contributed by atoms with E-state index in [9.17, 15) is 0 Å². The molecule has 0 amide bonds. The molecule has 0 spiro atoms. The lowest BCUT2D eigenvalue weighted by Crippen LogP contribution is -1.89. The summed E-state index contributed by atoms with van der Waals surface area (Å²) in [5.74, 6) is 0.409. The van der Waals surface area contributed by atoms with E-state index in [1.807, 2.05) is 0 Å². The smallest absolute Gasteiger partial charge is 0.154 e. The average molecular weight is 135 g/mol. The fraction of sp³-hybridized carbons (Fsp3) is 0. The number of H-pyrrole nitrogens is 1. The quantitative estimate of drug-likeness (QED) is 0.530. The second-order valence-electron chi connectivity index (χ2n) is 1.89. The van der Waals surface area contributed by atoms with E-state index in [4.69, 9.17) is 5.73 Å². The van der Waals surface area contributed by atoms with Gasteiger partial charge in [0.2, 0.25) is 0 Å². The van der Waals surface area contributed by atoms with Crippen molar-refractivity contribution in [2.24, 2.45) is 0 Å². The summed E-state index contributed by atoms with van der Waals surface area (Å²) in [5, 5.41) is 10.1. The molecule has 5 heteroatoms. The van der Waals surface area contributed by atoms with Crippen LogP contribution < -0.4 is 5.73 Å². The maximum atomic E-state index is 5.47. The van der Waals surface area contributed by atoms with Crippen LogP contribution in [0.4, 0.5) is 5.82 Å². The fourth-order valence-corrected chi connectivity index (χ4v) is 0.793. The lowest BCUT2D eigenvalue weighted by molar-refractivity contribution is 0.959. The third-order valence-electron chi connectivity index (χ3n) is 1.26. The molecule has 2 heterocycles. The van der Waals surface area contributed by atoms with Crippen LogP contribution >= 0.6 is 0 Å². The molecule has 0 saturated heterocycles. The number of nitrogens with one attached hydrogen (secondary N) is 1. The normalized spacial score (nSPS) is 10.4. The number of hydrogen-bond donors (Lipinski definition) is 2. The molecule has 5 nitrogen and oxygen atoms in total. The van der Waals surface area contributed by atoms with Gasteiger partial charge in [0.25, 0.3) is 0 Å². The second-order valence-corrected chi connectivity index (χ2v) is 1.89. The monoisotopic (exact) mass is 135 g/mol. The van der Waals surface area contributed by atoms with Crippen LogP contribution in [0.3, 0.4) is 0 Å². The number of aromatic amines is 1. The fourth-order valence-electron chi connectivity index (χ4n) is 0.793. The van der Waals surface area contributed by atoms with Gasteiger partial charge in [0.05, 0.1) is 0 Å². The van der Waals surface area contributed by atoms with E-state index in [0.717, 1.165) is 5.52 Å². The number of hydrogen-bond acceptors (Lipinski definition) is 4. The summed E-state index contributed by atoms with van der Waals surface area (Å²) in [6.45, 7) is 0. The largest absolute Gasteiger partial charge is 0.382 e. The van der Waals surface area contributed by atoms with E-state index in [1.54, 1.807) is 12.3 Å². The van der Waals surface area contributed by atoms with Crippen molar-refractivity contribution in [3.8, 4) is 0 Å². The summed E-state index contributed by atoms with van der Waals surface area (Å²) in [4.78, 5) is 3.83. The highest BCUT2D eigenvalue weighted by molar-refractivity contribution is 5.82. The first-order valence-corrected chi connectivity index (χ1v) is 2.79. The van der Waals surface area contributed by atoms with Crippen LogP contribution in [0.15, 0.2) is 12.3 Å². The van der Waals surface area contributed by atoms with Crippen LogP contribution in [0.25, 0.3) is 11.0 Å². The molecule has 0 bridgehead atoms. The van der Waals surface area contributed by atoms with Gasteiger partial charge in [0.15, 0.2) is 11.3 Å². The van der Waals surface area contributed by atoms with Crippen LogP contribution in [0, 0.1) is 0 Å². The zero-order chi connectivity index (χ0) is 6.97. The van der Waals surface area contributed by atoms with Crippen LogP contribution in [-0.2, 0) is 0 Å². The first kappa shape index (κ1) is 5.16. The third kappa shape index (κ3) is 0.540. The molecule has 3 N–H and O–H groups in total. The minimum Gasteiger partial charge on any atom is -0.382 e. The molecule has 0 aliphatic carbocycles. The Bertz CT molecular complexity index is 352. The maximum absolute atomic E-state index is 5.47. The van der Waals surface area contributed by atoms with E-state index in [2.05, 4.69) is 20.4 Å². The molecule has 0 aliphatic rings. The molecule has 0 unspecified atom stereocenters. The Morgan fingerprint density at radius 1 is 1.40 bits per heavy atom. The van der Waals surface area contributed by atoms with Crippen LogP contribution in [0.1, 0.15) is 0 Å². The lowest BCUT2D eigenvalue weighted by Gasteiger charge is -1.87. The van der Waals surface area contributed by atoms with Gasteiger partial charge >= 0.3 is 0 Å². The van der Waals surface area contributed by atoms with Gasteiger partial charge < -0.3 is 5.73 Å². The molecular formula is C5H5N5. The Hall–Kier alpha value is -1.65. The van der Waals surface area contributed by atoms with Crippen molar-refractivity contribution in [1.29, 1.82) is 0 Å². The van der Waals surface area contributed by atoms with Crippen molar-refractivity contribution >= 4 is 16.9 Å². The van der Waals surface area contributed by atoms with E-state index in [0.29, 0.717) is 11.3 Å². The number of nitrogen functional groups attached to an aromatic ring is 1. The summed E-state index contributed by atoms with van der Waals surface area (Å²) in [5.41, 5.74) is 6.84. The maximum Gasteiger partial charge on any atom is 0.154 e. The Kier molecular flexibility index (Phi) is 0.858. The highest BCUT2D eigenvalue weighted by Gasteiger charge is 1.99. The topological polar surface area (TPSA) is 80.5 Å². The van der Waals surface area contributed by atoms with E-state index in [-0.39, 0.29) is 0 Å². The molecule has 0 aliphatic heterocycles. The predicted octanol–water partition coefficient (Wildman–Crippen LogP) is -0.0649. The standard InChI is InChI=1S/C5H5N5/c6-5-4-3(1-2-7-5)8-10-9-4/h1-2H,(H2,6,7)(H,8,9,10). The van der Waals surface area contributed by atoms with E-state index >= 15 is 0 Å². The van der Waals surface area contributed by atoms with Crippen molar-refractivity contribution in [1.82, 2.24) is 20.4 Å². The molecule has 0 aromatic carbocycles. The number of pyridine rings is 1. The average Bonchev–Trinajstić information content (AvgIpc) is 2.36. The Morgan fingerprint density at radius 2 is 2.30 bits per heavy atom. The van der Waals surface area contributed by atoms with Crippen LogP contribution in [0.5, 0.6) is 0 Å². The Morgan fingerprint density at radius 3 is 3.10 bits per heavy atom. The Balaban J connectivity index is 2.95. The molecule has 2 aromatic heterocycles. The van der Waals surface area contributed by atoms with Crippen molar-refractivity contribution < 1.29 is 0 Å². The van der Waals surface area contributed by atoms with Gasteiger partial charge in [-0.05, 0) is 6.07 Å². The van der Waals surface area contributed by atoms with Crippen molar-refractivity contribution in [2.75, 3.05) is 5.73 Å². The number of rotatable bonds is 0. The zero-order valence-corrected chi connectivity index (χ0v) is 5.07. The predicted molar refractivity (Wildman–Crippen MR) is 36.1 cm³/mol. The summed E-state index contributed by atoms with van der Waals surface area (Å²) < 4.78 is 0. The minimum atomic E-state index is 0.409. The minimum absolute atomic E-state index is 0.409. The molecule has 2 aromatic rings. The van der Waals surface area contributed by atoms with Gasteiger partial charge in [-0.1, -0.05) is 0 Å². The van der Waals surface area contributed by atoms with Crippen molar-refractivity contribution in [3.63, 3.8) is 0 Å². The SMILES string of the molecule is Nc1nccc2n[nH]nc12. The summed E-state index contributed by atoms with van der Waals surface area (Å²) >= 11 is 0. The molecular weight excluding hydrogens is 130 g/mol. The molecule has 50 valence electrons. The van der Waals surface area contributed by atoms with Gasteiger partial charge in [-0.2, -0.15) is 15.4 Å². The molecule has 0 radical (unpaired) electrons. The molecule has 0 fully saturated rings. The van der Waals surface area contributed by atoms with Gasteiger partial charge in [0.1, 0.15) is 5.52 Å². The summed E-state index contributed by atoms with van der Waals surface area (Å²) in [6.07, 6.45) is 1.60. The van der Waals surface area contributed by atoms with Gasteiger partial charge in [-0.25, -0.2) is 4.98 Å². The zero-order valence-electron chi connectivity index (χ0n) is 5.07. The van der Waals surface area contributed by atoms with Gasteiger partial charge in [-0.3, -0.25) is 0 Å². The number of aromatic nitrogens is 4. The molecule has 10 heavy (non-hydrogen) atoms. The number of nitrogens with two attached hydrogens (primary N) is 1. The second kappa shape index (κ2) is 1.66. The van der Waals surface area contributed by atoms with Crippen molar-refractivity contribution in [2.45, 2.75) is 0 Å². The lowest BCUT2D eigenvalue weighted by atomic mass is 10.4. The van der Waals surface area contributed by atoms with Gasteiger partial charge in [0, 0.05) is 6.20 Å². The number of fused-ring (bicyclic) bond motifs is 1. The van der Waals surface area contributed by atoms with Crippen LogP contribution in [-0.4, -0.2) is 20.4 Å². The third-order valence-corrected chi connectivity index (χ3v) is 1.26. The molecule has 2 rings (SSSR count). The van der Waals surface area contributed by atoms with Crippen molar-refractivity contribution in [3.05, 3.63) is 12.3 Å². The van der Waals surface area contributed by atoms with E-state index < -0.39 is 0 Å². The number of anilines is 1. The summed E-state index contributed by atoms with van der Waals surface area (Å²) in [6, 6.07) is 1.75. The highest BCUT2D eigenvalue weighted by Crippen LogP contribution is 2.10. The Labute approximate surface area is 56.3 Å². The number of nitrogens with zero attached hydrogens (tertiary/aromatic N) is 3. The van der Waals surface area contributed by atoms with Crippen LogP contribution in [0.2, 0.25) is 0 Å². The first-order chi connectivity index (χ1) is 4.88.